The Kier molecular flexibility index (Phi) is 4.28. The first-order valence-corrected chi connectivity index (χ1v) is 5.06. The van der Waals surface area contributed by atoms with Crippen molar-refractivity contribution in [3.05, 3.63) is 35.1 Å². The number of hydrogen-bond donors (Lipinski definition) is 2. The van der Waals surface area contributed by atoms with E-state index in [-0.39, 0.29) is 5.56 Å². The third-order valence-corrected chi connectivity index (χ3v) is 2.33. The van der Waals surface area contributed by atoms with Gasteiger partial charge in [0.15, 0.2) is 0 Å². The maximum atomic E-state index is 12.9. The summed E-state index contributed by atoms with van der Waals surface area (Å²) in [6.07, 6.45) is -4.46. The van der Waals surface area contributed by atoms with Crippen LogP contribution in [-0.4, -0.2) is 18.6 Å². The van der Waals surface area contributed by atoms with Gasteiger partial charge in [-0.2, -0.15) is 13.2 Å². The number of primary amides is 1. The lowest BCUT2D eigenvalue weighted by atomic mass is 10.0. The summed E-state index contributed by atoms with van der Waals surface area (Å²) in [5, 5.41) is 2.01. The van der Waals surface area contributed by atoms with Crippen LogP contribution in [0.2, 0.25) is 0 Å². The number of rotatable bonds is 4. The summed E-state index contributed by atoms with van der Waals surface area (Å²) >= 11 is 0. The second kappa shape index (κ2) is 5.34. The molecule has 0 fully saturated rings. The maximum Gasteiger partial charge on any atom is 0.401 e. The van der Waals surface area contributed by atoms with Crippen molar-refractivity contribution in [2.75, 3.05) is 6.54 Å². The summed E-state index contributed by atoms with van der Waals surface area (Å²) in [5.41, 5.74) is 5.63. The van der Waals surface area contributed by atoms with Gasteiger partial charge >= 0.3 is 6.18 Å². The Bertz CT molecular complexity index is 445. The Morgan fingerprint density at radius 3 is 2.50 bits per heavy atom. The number of amides is 1. The van der Waals surface area contributed by atoms with E-state index in [0.29, 0.717) is 5.56 Å². The predicted octanol–water partition coefficient (Wildman–Crippen LogP) is 1.81. The van der Waals surface area contributed by atoms with Crippen LogP contribution in [0.5, 0.6) is 0 Å². The second-order valence-electron chi connectivity index (χ2n) is 3.83. The van der Waals surface area contributed by atoms with Crippen molar-refractivity contribution < 1.29 is 22.4 Å². The molecule has 1 aromatic carbocycles. The summed E-state index contributed by atoms with van der Waals surface area (Å²) in [6.45, 7) is 0.140. The number of halogens is 4. The largest absolute Gasteiger partial charge is 0.401 e. The Morgan fingerprint density at radius 2 is 2.06 bits per heavy atom. The van der Waals surface area contributed by atoms with Gasteiger partial charge < -0.3 is 5.73 Å². The Balaban J connectivity index is 2.95. The van der Waals surface area contributed by atoms with Crippen molar-refractivity contribution in [2.45, 2.75) is 19.1 Å². The molecular weight excluding hydrogens is 252 g/mol. The molecule has 1 rings (SSSR count). The molecule has 18 heavy (non-hydrogen) atoms. The number of carbonyl (C=O) groups excluding carboxylic acids is 1. The first kappa shape index (κ1) is 14.4. The van der Waals surface area contributed by atoms with Crippen molar-refractivity contribution in [1.82, 2.24) is 5.32 Å². The van der Waals surface area contributed by atoms with E-state index in [4.69, 9.17) is 5.73 Å². The molecule has 100 valence electrons. The van der Waals surface area contributed by atoms with Gasteiger partial charge in [-0.15, -0.1) is 0 Å². The minimum Gasteiger partial charge on any atom is -0.368 e. The second-order valence-corrected chi connectivity index (χ2v) is 3.83. The lowest BCUT2D eigenvalue weighted by Crippen LogP contribution is -2.39. The van der Waals surface area contributed by atoms with Crippen molar-refractivity contribution in [3.63, 3.8) is 0 Å². The first-order chi connectivity index (χ1) is 8.20. The average Bonchev–Trinajstić information content (AvgIpc) is 2.18. The molecule has 1 amide bonds. The summed E-state index contributed by atoms with van der Waals surface area (Å²) in [5.74, 6) is -1.48. The molecule has 1 aromatic rings. The van der Waals surface area contributed by atoms with Crippen LogP contribution < -0.4 is 11.1 Å². The van der Waals surface area contributed by atoms with E-state index in [9.17, 15) is 22.4 Å². The van der Waals surface area contributed by atoms with E-state index in [0.717, 1.165) is 12.1 Å². The number of benzene rings is 1. The molecule has 3 nitrogen and oxygen atoms in total. The minimum atomic E-state index is -4.46. The fraction of sp³-hybridized carbons (Fsp3) is 0.364. The van der Waals surface area contributed by atoms with Crippen LogP contribution in [0.15, 0.2) is 18.2 Å². The zero-order valence-electron chi connectivity index (χ0n) is 9.51. The van der Waals surface area contributed by atoms with E-state index in [1.807, 2.05) is 5.32 Å². The quantitative estimate of drug-likeness (QED) is 0.815. The standard InChI is InChI=1S/C11H12F4N2O/c1-6-4-7(12)2-3-8(6)9(10(16)18)17-5-11(13,14)15/h2-4,9,17H,5H2,1H3,(H2,16,18). The molecule has 0 aliphatic rings. The molecule has 7 heteroatoms. The lowest BCUT2D eigenvalue weighted by molar-refractivity contribution is -0.130. The molecular formula is C11H12F4N2O. The van der Waals surface area contributed by atoms with Crippen LogP contribution in [0, 0.1) is 12.7 Å². The summed E-state index contributed by atoms with van der Waals surface area (Å²) in [6, 6.07) is 2.13. The van der Waals surface area contributed by atoms with Crippen LogP contribution in [0.25, 0.3) is 0 Å². The van der Waals surface area contributed by atoms with Gasteiger partial charge in [0.1, 0.15) is 11.9 Å². The third kappa shape index (κ3) is 3.99. The minimum absolute atomic E-state index is 0.230. The smallest absolute Gasteiger partial charge is 0.368 e. The van der Waals surface area contributed by atoms with E-state index < -0.39 is 30.5 Å². The Labute approximate surface area is 101 Å². The van der Waals surface area contributed by atoms with E-state index in [1.165, 1.54) is 13.0 Å². The average molecular weight is 264 g/mol. The Hall–Kier alpha value is -1.63. The highest BCUT2D eigenvalue weighted by Crippen LogP contribution is 2.21. The van der Waals surface area contributed by atoms with Crippen molar-refractivity contribution in [1.29, 1.82) is 0 Å². The van der Waals surface area contributed by atoms with Gasteiger partial charge in [-0.3, -0.25) is 10.1 Å². The molecule has 0 bridgehead atoms. The normalized spacial score (nSPS) is 13.4. The Morgan fingerprint density at radius 1 is 1.44 bits per heavy atom. The summed E-state index contributed by atoms with van der Waals surface area (Å²) < 4.78 is 49.1. The molecule has 0 radical (unpaired) electrons. The molecule has 0 saturated heterocycles. The highest BCUT2D eigenvalue weighted by molar-refractivity contribution is 5.81. The van der Waals surface area contributed by atoms with Crippen LogP contribution in [0.1, 0.15) is 17.2 Å². The van der Waals surface area contributed by atoms with Crippen LogP contribution >= 0.6 is 0 Å². The zero-order chi connectivity index (χ0) is 13.9. The van der Waals surface area contributed by atoms with Crippen molar-refractivity contribution in [2.24, 2.45) is 5.73 Å². The number of nitrogens with two attached hydrogens (primary N) is 1. The predicted molar refractivity (Wildman–Crippen MR) is 57.1 cm³/mol. The van der Waals surface area contributed by atoms with E-state index >= 15 is 0 Å². The number of carbonyl (C=O) groups is 1. The number of aryl methyl sites for hydroxylation is 1. The molecule has 0 aromatic heterocycles. The van der Waals surface area contributed by atoms with Gasteiger partial charge in [0, 0.05) is 0 Å². The van der Waals surface area contributed by atoms with E-state index in [2.05, 4.69) is 0 Å². The SMILES string of the molecule is Cc1cc(F)ccc1C(NCC(F)(F)F)C(N)=O. The molecule has 3 N–H and O–H groups in total. The first-order valence-electron chi connectivity index (χ1n) is 5.06. The summed E-state index contributed by atoms with van der Waals surface area (Å²) in [4.78, 5) is 11.2. The highest BCUT2D eigenvalue weighted by Gasteiger charge is 2.30. The van der Waals surface area contributed by atoms with Crippen LogP contribution in [-0.2, 0) is 4.79 Å². The lowest BCUT2D eigenvalue weighted by Gasteiger charge is -2.19. The fourth-order valence-electron chi connectivity index (χ4n) is 1.54. The van der Waals surface area contributed by atoms with E-state index in [1.54, 1.807) is 0 Å². The molecule has 0 aliphatic heterocycles. The van der Waals surface area contributed by atoms with Gasteiger partial charge in [-0.25, -0.2) is 4.39 Å². The van der Waals surface area contributed by atoms with Crippen molar-refractivity contribution in [3.8, 4) is 0 Å². The van der Waals surface area contributed by atoms with Crippen LogP contribution in [0.4, 0.5) is 17.6 Å². The monoisotopic (exact) mass is 264 g/mol. The number of nitrogens with one attached hydrogen (secondary N) is 1. The molecule has 1 atom stereocenters. The number of hydrogen-bond acceptors (Lipinski definition) is 2. The van der Waals surface area contributed by atoms with Crippen molar-refractivity contribution >= 4 is 5.91 Å². The topological polar surface area (TPSA) is 55.1 Å². The van der Waals surface area contributed by atoms with Gasteiger partial charge in [-0.1, -0.05) is 6.07 Å². The maximum absolute atomic E-state index is 12.9. The zero-order valence-corrected chi connectivity index (χ0v) is 9.51. The third-order valence-electron chi connectivity index (χ3n) is 2.33. The number of alkyl halides is 3. The molecule has 0 aliphatic carbocycles. The van der Waals surface area contributed by atoms with Gasteiger partial charge in [0.25, 0.3) is 0 Å². The fourth-order valence-corrected chi connectivity index (χ4v) is 1.54. The summed E-state index contributed by atoms with van der Waals surface area (Å²) in [7, 11) is 0. The van der Waals surface area contributed by atoms with Gasteiger partial charge in [0.2, 0.25) is 5.91 Å². The van der Waals surface area contributed by atoms with Gasteiger partial charge in [0.05, 0.1) is 6.54 Å². The highest BCUT2D eigenvalue weighted by atomic mass is 19.4. The van der Waals surface area contributed by atoms with Gasteiger partial charge in [-0.05, 0) is 30.2 Å². The molecule has 1 unspecified atom stereocenters. The molecule has 0 spiro atoms. The molecule has 0 heterocycles. The molecule has 0 saturated carbocycles. The van der Waals surface area contributed by atoms with Crippen LogP contribution in [0.3, 0.4) is 0 Å².